The van der Waals surface area contributed by atoms with E-state index in [2.05, 4.69) is 4.98 Å². The first-order valence-corrected chi connectivity index (χ1v) is 7.55. The number of aromatic nitrogens is 2. The Bertz CT molecular complexity index is 838. The lowest BCUT2D eigenvalue weighted by molar-refractivity contribution is 0.0985. The van der Waals surface area contributed by atoms with Crippen molar-refractivity contribution < 1.29 is 9.53 Å². The highest BCUT2D eigenvalue weighted by Crippen LogP contribution is 2.25. The van der Waals surface area contributed by atoms with Crippen LogP contribution < -0.4 is 10.5 Å². The number of primary amides is 1. The Morgan fingerprint density at radius 3 is 2.61 bits per heavy atom. The Morgan fingerprint density at radius 2 is 1.96 bits per heavy atom. The van der Waals surface area contributed by atoms with Crippen LogP contribution in [0.1, 0.15) is 36.1 Å². The van der Waals surface area contributed by atoms with Gasteiger partial charge in [0, 0.05) is 12.1 Å². The van der Waals surface area contributed by atoms with Gasteiger partial charge in [-0.15, -0.1) is 0 Å². The van der Waals surface area contributed by atoms with Crippen LogP contribution in [0.4, 0.5) is 0 Å². The number of hydrogen-bond acceptors (Lipinski definition) is 3. The van der Waals surface area contributed by atoms with Gasteiger partial charge in [0.2, 0.25) is 0 Å². The zero-order valence-corrected chi connectivity index (χ0v) is 13.2. The fraction of sp³-hybridized carbons (Fsp3) is 0.222. The molecule has 0 saturated carbocycles. The number of imidazole rings is 1. The first-order chi connectivity index (χ1) is 11.1. The van der Waals surface area contributed by atoms with Crippen LogP contribution in [0.5, 0.6) is 5.75 Å². The van der Waals surface area contributed by atoms with Gasteiger partial charge in [0.1, 0.15) is 12.4 Å². The van der Waals surface area contributed by atoms with Crippen LogP contribution in [-0.4, -0.2) is 15.5 Å². The van der Waals surface area contributed by atoms with E-state index in [0.717, 1.165) is 22.3 Å². The van der Waals surface area contributed by atoms with Gasteiger partial charge in [-0.25, -0.2) is 4.98 Å². The second kappa shape index (κ2) is 6.12. The van der Waals surface area contributed by atoms with E-state index in [-0.39, 0.29) is 11.9 Å². The van der Waals surface area contributed by atoms with Gasteiger partial charge in [-0.05, 0) is 31.5 Å². The number of ether oxygens (including phenoxy) is 1. The summed E-state index contributed by atoms with van der Waals surface area (Å²) >= 11 is 0. The summed E-state index contributed by atoms with van der Waals surface area (Å²) in [7, 11) is 0. The fourth-order valence-electron chi connectivity index (χ4n) is 2.60. The quantitative estimate of drug-likeness (QED) is 0.786. The molecule has 3 aromatic rings. The van der Waals surface area contributed by atoms with E-state index in [1.54, 1.807) is 0 Å². The summed E-state index contributed by atoms with van der Waals surface area (Å²) < 4.78 is 7.69. The maximum absolute atomic E-state index is 11.6. The Hall–Kier alpha value is -2.82. The molecule has 1 aromatic heterocycles. The third-order valence-electron chi connectivity index (χ3n) is 3.65. The normalized spacial score (nSPS) is 11.1. The Kier molecular flexibility index (Phi) is 4.02. The van der Waals surface area contributed by atoms with Crippen LogP contribution in [0.15, 0.2) is 48.5 Å². The van der Waals surface area contributed by atoms with Crippen molar-refractivity contribution in [3.05, 3.63) is 59.9 Å². The van der Waals surface area contributed by atoms with Crippen molar-refractivity contribution in [2.75, 3.05) is 0 Å². The van der Waals surface area contributed by atoms with Gasteiger partial charge in [0.05, 0.1) is 11.0 Å². The first-order valence-electron chi connectivity index (χ1n) is 7.55. The molecule has 5 heteroatoms. The molecule has 0 aliphatic carbocycles. The van der Waals surface area contributed by atoms with Gasteiger partial charge in [-0.3, -0.25) is 4.79 Å². The third kappa shape index (κ3) is 3.04. The first kappa shape index (κ1) is 15.1. The van der Waals surface area contributed by atoms with E-state index >= 15 is 0 Å². The van der Waals surface area contributed by atoms with Crippen molar-refractivity contribution in [1.82, 2.24) is 9.55 Å². The predicted octanol–water partition coefficient (Wildman–Crippen LogP) is 3.30. The van der Waals surface area contributed by atoms with Gasteiger partial charge in [-0.2, -0.15) is 0 Å². The summed E-state index contributed by atoms with van der Waals surface area (Å²) in [5.41, 5.74) is 8.12. The molecule has 0 spiro atoms. The second-order valence-corrected chi connectivity index (χ2v) is 5.69. The molecule has 2 aromatic carbocycles. The molecular weight excluding hydrogens is 290 g/mol. The highest BCUT2D eigenvalue weighted by Gasteiger charge is 2.17. The standard InChI is InChI=1S/C18H19N3O2/c1-12(2)21-16-10-14(23-11-13-6-4-3-5-7-13)8-9-15(16)20-18(21)17(19)22/h3-10,12H,11H2,1-2H3,(H2,19,22). The van der Waals surface area contributed by atoms with Crippen LogP contribution in [-0.2, 0) is 6.61 Å². The average Bonchev–Trinajstić information content (AvgIpc) is 2.93. The number of carbonyl (C=O) groups is 1. The number of nitrogens with zero attached hydrogens (tertiary/aromatic N) is 2. The summed E-state index contributed by atoms with van der Waals surface area (Å²) in [4.78, 5) is 15.9. The number of benzene rings is 2. The monoisotopic (exact) mass is 309 g/mol. The van der Waals surface area contributed by atoms with E-state index in [1.165, 1.54) is 0 Å². The second-order valence-electron chi connectivity index (χ2n) is 5.69. The van der Waals surface area contributed by atoms with Crippen LogP contribution >= 0.6 is 0 Å². The number of hydrogen-bond donors (Lipinski definition) is 1. The van der Waals surface area contributed by atoms with E-state index in [0.29, 0.717) is 6.61 Å². The minimum absolute atomic E-state index is 0.0758. The van der Waals surface area contributed by atoms with Crippen molar-refractivity contribution in [1.29, 1.82) is 0 Å². The summed E-state index contributed by atoms with van der Waals surface area (Å²) in [5, 5.41) is 0. The van der Waals surface area contributed by atoms with Crippen LogP contribution in [0.25, 0.3) is 11.0 Å². The van der Waals surface area contributed by atoms with Crippen LogP contribution in [0.2, 0.25) is 0 Å². The summed E-state index contributed by atoms with van der Waals surface area (Å²) in [5.74, 6) is 0.482. The lowest BCUT2D eigenvalue weighted by atomic mass is 10.2. The number of carbonyl (C=O) groups excluding carboxylic acids is 1. The van der Waals surface area contributed by atoms with E-state index in [9.17, 15) is 4.79 Å². The SMILES string of the molecule is CC(C)n1c(C(N)=O)nc2ccc(OCc3ccccc3)cc21. The predicted molar refractivity (Wildman–Crippen MR) is 89.4 cm³/mol. The van der Waals surface area contributed by atoms with Crippen LogP contribution in [0, 0.1) is 0 Å². The summed E-state index contributed by atoms with van der Waals surface area (Å²) in [6.45, 7) is 4.47. The molecule has 0 atom stereocenters. The molecule has 2 N–H and O–H groups in total. The topological polar surface area (TPSA) is 70.1 Å². The Balaban J connectivity index is 1.94. The highest BCUT2D eigenvalue weighted by atomic mass is 16.5. The smallest absolute Gasteiger partial charge is 0.284 e. The molecule has 5 nitrogen and oxygen atoms in total. The van der Waals surface area contributed by atoms with Gasteiger partial charge in [0.15, 0.2) is 5.82 Å². The zero-order chi connectivity index (χ0) is 16.4. The zero-order valence-electron chi connectivity index (χ0n) is 13.2. The van der Waals surface area contributed by atoms with Gasteiger partial charge >= 0.3 is 0 Å². The molecule has 1 heterocycles. The van der Waals surface area contributed by atoms with Crippen molar-refractivity contribution in [3.63, 3.8) is 0 Å². The molecule has 0 radical (unpaired) electrons. The van der Waals surface area contributed by atoms with E-state index in [4.69, 9.17) is 10.5 Å². The number of nitrogens with two attached hydrogens (primary N) is 1. The van der Waals surface area contributed by atoms with E-state index in [1.807, 2.05) is 66.9 Å². The van der Waals surface area contributed by atoms with Crippen LogP contribution in [0.3, 0.4) is 0 Å². The molecule has 1 amide bonds. The van der Waals surface area contributed by atoms with Crippen molar-refractivity contribution in [2.45, 2.75) is 26.5 Å². The third-order valence-corrected chi connectivity index (χ3v) is 3.65. The number of fused-ring (bicyclic) bond motifs is 1. The van der Waals surface area contributed by atoms with E-state index < -0.39 is 5.91 Å². The summed E-state index contributed by atoms with van der Waals surface area (Å²) in [6, 6.07) is 15.6. The molecule has 0 saturated heterocycles. The molecule has 0 aliphatic heterocycles. The number of amides is 1. The Labute approximate surface area is 134 Å². The molecule has 118 valence electrons. The molecule has 23 heavy (non-hydrogen) atoms. The Morgan fingerprint density at radius 1 is 1.22 bits per heavy atom. The van der Waals surface area contributed by atoms with Gasteiger partial charge in [-0.1, -0.05) is 30.3 Å². The maximum Gasteiger partial charge on any atom is 0.284 e. The van der Waals surface area contributed by atoms with Crippen molar-refractivity contribution in [2.24, 2.45) is 5.73 Å². The number of rotatable bonds is 5. The summed E-state index contributed by atoms with van der Waals surface area (Å²) in [6.07, 6.45) is 0. The lowest BCUT2D eigenvalue weighted by Crippen LogP contribution is -2.19. The minimum Gasteiger partial charge on any atom is -0.489 e. The average molecular weight is 309 g/mol. The lowest BCUT2D eigenvalue weighted by Gasteiger charge is -2.12. The van der Waals surface area contributed by atoms with Gasteiger partial charge in [0.25, 0.3) is 5.91 Å². The largest absolute Gasteiger partial charge is 0.489 e. The molecule has 0 aliphatic rings. The molecule has 0 fully saturated rings. The molecular formula is C18H19N3O2. The van der Waals surface area contributed by atoms with Crippen molar-refractivity contribution in [3.8, 4) is 5.75 Å². The molecule has 0 unspecified atom stereocenters. The molecule has 0 bridgehead atoms. The fourth-order valence-corrected chi connectivity index (χ4v) is 2.60. The maximum atomic E-state index is 11.6. The van der Waals surface area contributed by atoms with Gasteiger partial charge < -0.3 is 15.0 Å². The molecule has 3 rings (SSSR count). The highest BCUT2D eigenvalue weighted by molar-refractivity contribution is 5.94. The minimum atomic E-state index is -0.526. The van der Waals surface area contributed by atoms with Crippen molar-refractivity contribution >= 4 is 16.9 Å².